The minimum Gasteiger partial charge on any atom is -0.493 e. The molecule has 0 bridgehead atoms. The van der Waals surface area contributed by atoms with E-state index in [0.717, 1.165) is 22.2 Å². The van der Waals surface area contributed by atoms with E-state index in [1.54, 1.807) is 37.7 Å². The topological polar surface area (TPSA) is 47.6 Å². The van der Waals surface area contributed by atoms with E-state index in [0.29, 0.717) is 17.2 Å². The van der Waals surface area contributed by atoms with Crippen LogP contribution in [-0.2, 0) is 12.8 Å². The first-order valence-corrected chi connectivity index (χ1v) is 9.57. The van der Waals surface area contributed by atoms with Crippen molar-refractivity contribution in [3.05, 3.63) is 38.0 Å². The lowest BCUT2D eigenvalue weighted by Gasteiger charge is -2.12. The second kappa shape index (κ2) is 7.57. The van der Waals surface area contributed by atoms with Gasteiger partial charge in [0.1, 0.15) is 0 Å². The molecular formula is C18H20BrNO3S. The summed E-state index contributed by atoms with van der Waals surface area (Å²) in [5.74, 6) is 1.11. The highest BCUT2D eigenvalue weighted by molar-refractivity contribution is 9.10. The summed E-state index contributed by atoms with van der Waals surface area (Å²) in [6, 6.07) is 5.60. The molecule has 1 aliphatic rings. The first-order valence-electron chi connectivity index (χ1n) is 7.97. The number of fused-ring (bicyclic) bond motifs is 1. The molecule has 2 aromatic rings. The van der Waals surface area contributed by atoms with Gasteiger partial charge >= 0.3 is 0 Å². The van der Waals surface area contributed by atoms with E-state index in [-0.39, 0.29) is 5.91 Å². The van der Waals surface area contributed by atoms with Gasteiger partial charge in [-0.3, -0.25) is 4.79 Å². The molecule has 4 nitrogen and oxygen atoms in total. The summed E-state index contributed by atoms with van der Waals surface area (Å²) >= 11 is 5.09. The fraction of sp³-hybridized carbons (Fsp3) is 0.389. The number of thiophene rings is 1. The van der Waals surface area contributed by atoms with E-state index < -0.39 is 0 Å². The largest absolute Gasteiger partial charge is 0.493 e. The van der Waals surface area contributed by atoms with Crippen LogP contribution >= 0.6 is 27.3 Å². The molecule has 0 saturated heterocycles. The normalized spacial score (nSPS) is 13.8. The Balaban J connectivity index is 1.82. The maximum absolute atomic E-state index is 12.6. The average Bonchev–Trinajstić information content (AvgIpc) is 2.87. The number of carbonyl (C=O) groups excluding carboxylic acids is 1. The van der Waals surface area contributed by atoms with Crippen LogP contribution in [0.2, 0.25) is 0 Å². The molecule has 1 aliphatic carbocycles. The molecule has 0 aliphatic heterocycles. The number of anilines is 1. The minimum absolute atomic E-state index is 0.0824. The van der Waals surface area contributed by atoms with Gasteiger partial charge in [-0.05, 0) is 53.2 Å². The number of rotatable bonds is 4. The first kappa shape index (κ1) is 17.3. The van der Waals surface area contributed by atoms with Crippen LogP contribution in [0.5, 0.6) is 11.5 Å². The van der Waals surface area contributed by atoms with Crippen molar-refractivity contribution in [3.8, 4) is 11.5 Å². The fourth-order valence-electron chi connectivity index (χ4n) is 2.91. The molecule has 3 rings (SSSR count). The third-order valence-electron chi connectivity index (χ3n) is 4.19. The number of halogens is 1. The number of aryl methyl sites for hydroxylation is 2. The van der Waals surface area contributed by atoms with Gasteiger partial charge in [0.15, 0.2) is 11.5 Å². The van der Waals surface area contributed by atoms with Crippen LogP contribution in [0, 0.1) is 0 Å². The van der Waals surface area contributed by atoms with Crippen molar-refractivity contribution in [2.24, 2.45) is 0 Å². The van der Waals surface area contributed by atoms with Crippen LogP contribution in [0.4, 0.5) is 5.69 Å². The standard InChI is InChI=1S/C18H20BrNO3S/c1-22-14-9-12(19)13(10-15(14)23-2)20-18(21)17-8-11-6-4-3-5-7-16(11)24-17/h8-10H,3-7H2,1-2H3,(H,20,21). The average molecular weight is 410 g/mol. The van der Waals surface area contributed by atoms with Gasteiger partial charge in [0.05, 0.1) is 24.8 Å². The molecule has 6 heteroatoms. The second-order valence-corrected chi connectivity index (χ2v) is 7.75. The molecule has 1 amide bonds. The molecule has 1 aromatic carbocycles. The molecular weight excluding hydrogens is 390 g/mol. The van der Waals surface area contributed by atoms with Crippen molar-refractivity contribution in [3.63, 3.8) is 0 Å². The van der Waals surface area contributed by atoms with Crippen LogP contribution in [0.15, 0.2) is 22.7 Å². The first-order chi connectivity index (χ1) is 11.6. The predicted molar refractivity (Wildman–Crippen MR) is 101 cm³/mol. The van der Waals surface area contributed by atoms with E-state index in [4.69, 9.17) is 9.47 Å². The van der Waals surface area contributed by atoms with Crippen LogP contribution < -0.4 is 14.8 Å². The Labute approximate surface area is 154 Å². The van der Waals surface area contributed by atoms with E-state index in [1.807, 2.05) is 0 Å². The Morgan fingerprint density at radius 1 is 1.08 bits per heavy atom. The monoisotopic (exact) mass is 409 g/mol. The zero-order valence-corrected chi connectivity index (χ0v) is 16.2. The minimum atomic E-state index is -0.0824. The van der Waals surface area contributed by atoms with E-state index >= 15 is 0 Å². The SMILES string of the molecule is COc1cc(Br)c(NC(=O)c2cc3c(s2)CCCCC3)cc1OC. The van der Waals surface area contributed by atoms with Crippen molar-refractivity contribution < 1.29 is 14.3 Å². The van der Waals surface area contributed by atoms with E-state index in [1.165, 1.54) is 29.7 Å². The quantitative estimate of drug-likeness (QED) is 0.718. The molecule has 0 radical (unpaired) electrons. The number of hydrogen-bond acceptors (Lipinski definition) is 4. The van der Waals surface area contributed by atoms with Crippen molar-refractivity contribution >= 4 is 38.9 Å². The van der Waals surface area contributed by atoms with Crippen molar-refractivity contribution in [1.82, 2.24) is 0 Å². The second-order valence-electron chi connectivity index (χ2n) is 5.76. The Bertz CT molecular complexity index is 733. The number of methoxy groups -OCH3 is 2. The Morgan fingerprint density at radius 3 is 2.54 bits per heavy atom. The number of carbonyl (C=O) groups is 1. The van der Waals surface area contributed by atoms with Gasteiger partial charge in [0.2, 0.25) is 0 Å². The molecule has 0 atom stereocenters. The summed E-state index contributed by atoms with van der Waals surface area (Å²) < 4.78 is 11.3. The van der Waals surface area contributed by atoms with Crippen LogP contribution in [0.1, 0.15) is 39.4 Å². The smallest absolute Gasteiger partial charge is 0.265 e. The lowest BCUT2D eigenvalue weighted by molar-refractivity contribution is 0.103. The Morgan fingerprint density at radius 2 is 1.79 bits per heavy atom. The maximum Gasteiger partial charge on any atom is 0.265 e. The molecule has 0 saturated carbocycles. The van der Waals surface area contributed by atoms with Gasteiger partial charge in [-0.25, -0.2) is 0 Å². The predicted octanol–water partition coefficient (Wildman–Crippen LogP) is 5.05. The third kappa shape index (κ3) is 3.59. The highest BCUT2D eigenvalue weighted by atomic mass is 79.9. The number of amides is 1. The van der Waals surface area contributed by atoms with Gasteiger partial charge in [-0.15, -0.1) is 11.3 Å². The molecule has 1 aromatic heterocycles. The van der Waals surface area contributed by atoms with Gasteiger partial charge in [-0.2, -0.15) is 0 Å². The van der Waals surface area contributed by atoms with Crippen molar-refractivity contribution in [2.75, 3.05) is 19.5 Å². The highest BCUT2D eigenvalue weighted by Gasteiger charge is 2.18. The Kier molecular flexibility index (Phi) is 5.46. The summed E-state index contributed by atoms with van der Waals surface area (Å²) in [6.07, 6.45) is 5.88. The molecule has 1 heterocycles. The van der Waals surface area contributed by atoms with Crippen LogP contribution in [0.3, 0.4) is 0 Å². The van der Waals surface area contributed by atoms with Crippen LogP contribution in [-0.4, -0.2) is 20.1 Å². The third-order valence-corrected chi connectivity index (χ3v) is 6.08. The fourth-order valence-corrected chi connectivity index (χ4v) is 4.48. The summed E-state index contributed by atoms with van der Waals surface area (Å²) in [5.41, 5.74) is 2.01. The van der Waals surface area contributed by atoms with Crippen LogP contribution in [0.25, 0.3) is 0 Å². The zero-order valence-electron chi connectivity index (χ0n) is 13.8. The highest BCUT2D eigenvalue weighted by Crippen LogP contribution is 2.37. The number of hydrogen-bond donors (Lipinski definition) is 1. The molecule has 128 valence electrons. The molecule has 0 fully saturated rings. The molecule has 24 heavy (non-hydrogen) atoms. The van der Waals surface area contributed by atoms with Crippen molar-refractivity contribution in [2.45, 2.75) is 32.1 Å². The molecule has 0 unspecified atom stereocenters. The lowest BCUT2D eigenvalue weighted by atomic mass is 10.1. The van der Waals surface area contributed by atoms with E-state index in [2.05, 4.69) is 27.3 Å². The summed E-state index contributed by atoms with van der Waals surface area (Å²) in [6.45, 7) is 0. The summed E-state index contributed by atoms with van der Waals surface area (Å²) in [5, 5.41) is 2.97. The molecule has 1 N–H and O–H groups in total. The van der Waals surface area contributed by atoms with Crippen molar-refractivity contribution in [1.29, 1.82) is 0 Å². The van der Waals surface area contributed by atoms with Gasteiger partial charge in [-0.1, -0.05) is 6.42 Å². The lowest BCUT2D eigenvalue weighted by Crippen LogP contribution is -2.11. The summed E-state index contributed by atoms with van der Waals surface area (Å²) in [4.78, 5) is 14.8. The van der Waals surface area contributed by atoms with Gasteiger partial charge in [0.25, 0.3) is 5.91 Å². The number of ether oxygens (including phenoxy) is 2. The van der Waals surface area contributed by atoms with Gasteiger partial charge < -0.3 is 14.8 Å². The number of nitrogens with one attached hydrogen (secondary N) is 1. The summed E-state index contributed by atoms with van der Waals surface area (Å²) in [7, 11) is 3.16. The van der Waals surface area contributed by atoms with Gasteiger partial charge in [0, 0.05) is 21.5 Å². The Hall–Kier alpha value is -1.53. The number of benzene rings is 1. The van der Waals surface area contributed by atoms with E-state index in [9.17, 15) is 4.79 Å². The maximum atomic E-state index is 12.6. The zero-order chi connectivity index (χ0) is 17.1. The molecule has 0 spiro atoms.